The third-order valence-corrected chi connectivity index (χ3v) is 6.15. The van der Waals surface area contributed by atoms with Crippen LogP contribution in [-0.2, 0) is 0 Å². The Labute approximate surface area is 183 Å². The Morgan fingerprint density at radius 1 is 0.806 bits per heavy atom. The molecule has 0 aliphatic heterocycles. The Morgan fingerprint density at radius 2 is 1.65 bits per heavy atom. The summed E-state index contributed by atoms with van der Waals surface area (Å²) in [5, 5.41) is 4.75. The van der Waals surface area contributed by atoms with Crippen LogP contribution < -0.4 is 9.47 Å². The van der Waals surface area contributed by atoms with Gasteiger partial charge in [-0.25, -0.2) is 0 Å². The van der Waals surface area contributed by atoms with Gasteiger partial charge in [-0.15, -0.1) is 0 Å². The minimum Gasteiger partial charge on any atom is -0.497 e. The lowest BCUT2D eigenvalue weighted by Gasteiger charge is -2.11. The smallest absolute Gasteiger partial charge is 0.165 e. The van der Waals surface area contributed by atoms with Crippen molar-refractivity contribution in [1.82, 2.24) is 4.57 Å². The van der Waals surface area contributed by atoms with Gasteiger partial charge in [0.1, 0.15) is 22.6 Å². The number of furan rings is 1. The van der Waals surface area contributed by atoms with Crippen molar-refractivity contribution in [2.24, 2.45) is 0 Å². The van der Waals surface area contributed by atoms with E-state index in [9.17, 15) is 0 Å². The number of hydrogen-bond donors (Lipinski definition) is 0. The Morgan fingerprint density at radius 3 is 2.48 bits per heavy atom. The third kappa shape index (κ3) is 2.55. The molecule has 0 radical (unpaired) electrons. The summed E-state index contributed by atoms with van der Waals surface area (Å²) < 4.78 is 19.6. The molecule has 0 aliphatic rings. The van der Waals surface area contributed by atoms with E-state index in [1.54, 1.807) is 14.2 Å². The fourth-order valence-electron chi connectivity index (χ4n) is 4.43. The first-order chi connectivity index (χ1) is 15.2. The predicted octanol–water partition coefficient (Wildman–Crippen LogP) is 7.35. The number of hydrogen-bond acceptors (Lipinski definition) is 3. The second-order valence-electron chi connectivity index (χ2n) is 7.48. The molecule has 4 aromatic carbocycles. The van der Waals surface area contributed by atoms with Crippen LogP contribution in [0.4, 0.5) is 0 Å². The van der Waals surface area contributed by atoms with Crippen LogP contribution in [-0.4, -0.2) is 18.8 Å². The van der Waals surface area contributed by atoms with Crippen molar-refractivity contribution in [2.75, 3.05) is 14.2 Å². The molecule has 31 heavy (non-hydrogen) atoms. The summed E-state index contributed by atoms with van der Waals surface area (Å²) in [6.45, 7) is 0. The largest absolute Gasteiger partial charge is 0.497 e. The van der Waals surface area contributed by atoms with Crippen molar-refractivity contribution in [1.29, 1.82) is 0 Å². The summed E-state index contributed by atoms with van der Waals surface area (Å²) in [7, 11) is 3.34. The van der Waals surface area contributed by atoms with Crippen LogP contribution in [0, 0.1) is 0 Å². The number of nitrogens with zero attached hydrogens (tertiary/aromatic N) is 1. The van der Waals surface area contributed by atoms with Crippen molar-refractivity contribution in [3.05, 3.63) is 77.8 Å². The molecule has 0 N–H and O–H groups in total. The Balaban J connectivity index is 1.81. The molecule has 0 saturated carbocycles. The maximum Gasteiger partial charge on any atom is 0.165 e. The molecule has 0 amide bonds. The molecule has 2 heterocycles. The summed E-state index contributed by atoms with van der Waals surface area (Å²) in [5.41, 5.74) is 4.42. The van der Waals surface area contributed by atoms with Crippen LogP contribution in [0.1, 0.15) is 0 Å². The zero-order chi connectivity index (χ0) is 21.1. The van der Waals surface area contributed by atoms with E-state index in [2.05, 4.69) is 34.9 Å². The first-order valence-corrected chi connectivity index (χ1v) is 10.3. The summed E-state index contributed by atoms with van der Waals surface area (Å²) in [4.78, 5) is 0. The van der Waals surface area contributed by atoms with Crippen LogP contribution in [0.2, 0.25) is 5.02 Å². The third-order valence-electron chi connectivity index (χ3n) is 5.84. The van der Waals surface area contributed by atoms with Crippen molar-refractivity contribution < 1.29 is 13.9 Å². The molecule has 0 spiro atoms. The summed E-state index contributed by atoms with van der Waals surface area (Å²) >= 11 is 6.75. The molecule has 4 nitrogen and oxygen atoms in total. The minimum absolute atomic E-state index is 0.636. The van der Waals surface area contributed by atoms with Gasteiger partial charge in [-0.2, -0.15) is 0 Å². The quantitative estimate of drug-likeness (QED) is 0.296. The van der Waals surface area contributed by atoms with Gasteiger partial charge in [0, 0.05) is 11.1 Å². The monoisotopic (exact) mass is 427 g/mol. The summed E-state index contributed by atoms with van der Waals surface area (Å²) in [5.74, 6) is 1.55. The highest BCUT2D eigenvalue weighted by molar-refractivity contribution is 6.37. The molecule has 0 saturated heterocycles. The Hall–Kier alpha value is -3.63. The number of halogens is 1. The Bertz CT molecular complexity index is 1630. The van der Waals surface area contributed by atoms with Gasteiger partial charge in [0.15, 0.2) is 5.58 Å². The number of para-hydroxylation sites is 1. The van der Waals surface area contributed by atoms with Gasteiger partial charge in [-0.3, -0.25) is 0 Å². The predicted molar refractivity (Wildman–Crippen MR) is 126 cm³/mol. The number of benzene rings is 4. The number of rotatable bonds is 3. The molecule has 0 aliphatic carbocycles. The van der Waals surface area contributed by atoms with Crippen LogP contribution in [0.15, 0.2) is 77.2 Å². The summed E-state index contributed by atoms with van der Waals surface area (Å²) in [6.07, 6.45) is 0. The number of fused-ring (bicyclic) bond motifs is 6. The molecule has 152 valence electrons. The zero-order valence-corrected chi connectivity index (χ0v) is 17.7. The van der Waals surface area contributed by atoms with E-state index in [1.165, 1.54) is 0 Å². The highest BCUT2D eigenvalue weighted by Crippen LogP contribution is 2.45. The molecule has 6 aromatic rings. The normalized spacial score (nSPS) is 11.7. The number of methoxy groups -OCH3 is 2. The van der Waals surface area contributed by atoms with Crippen LogP contribution in [0.3, 0.4) is 0 Å². The van der Waals surface area contributed by atoms with Crippen molar-refractivity contribution in [3.8, 4) is 17.2 Å². The van der Waals surface area contributed by atoms with Crippen molar-refractivity contribution in [2.45, 2.75) is 0 Å². The van der Waals surface area contributed by atoms with Gasteiger partial charge in [0.2, 0.25) is 0 Å². The maximum absolute atomic E-state index is 6.75. The van der Waals surface area contributed by atoms with Crippen LogP contribution in [0.5, 0.6) is 11.5 Å². The molecule has 0 unspecified atom stereocenters. The molecular weight excluding hydrogens is 410 g/mol. The summed E-state index contributed by atoms with van der Waals surface area (Å²) in [6, 6.07) is 24.2. The topological polar surface area (TPSA) is 36.5 Å². The van der Waals surface area contributed by atoms with Gasteiger partial charge in [-0.1, -0.05) is 35.9 Å². The highest BCUT2D eigenvalue weighted by atomic mass is 35.5. The molecule has 2 aromatic heterocycles. The Kier molecular flexibility index (Phi) is 3.92. The second kappa shape index (κ2) is 6.69. The van der Waals surface area contributed by atoms with E-state index in [4.69, 9.17) is 25.5 Å². The van der Waals surface area contributed by atoms with E-state index in [0.717, 1.165) is 60.9 Å². The molecule has 5 heteroatoms. The van der Waals surface area contributed by atoms with Crippen molar-refractivity contribution in [3.63, 3.8) is 0 Å². The van der Waals surface area contributed by atoms with E-state index in [1.807, 2.05) is 42.5 Å². The maximum atomic E-state index is 6.75. The molecular formula is C26H18ClNO3. The standard InChI is InChI=1S/C26H18ClNO3/c1-29-18-10-8-15-7-9-17(13-16(15)14-18)28-24-19-5-3-4-6-21(19)31-26(24)23-22(30-2)12-11-20(27)25(23)28/h3-14H,1-2H3. The average molecular weight is 428 g/mol. The zero-order valence-electron chi connectivity index (χ0n) is 17.0. The molecule has 0 bridgehead atoms. The van der Waals surface area contributed by atoms with E-state index in [-0.39, 0.29) is 0 Å². The lowest BCUT2D eigenvalue weighted by atomic mass is 10.1. The van der Waals surface area contributed by atoms with Gasteiger partial charge < -0.3 is 18.5 Å². The van der Waals surface area contributed by atoms with Crippen molar-refractivity contribution >= 4 is 55.3 Å². The van der Waals surface area contributed by atoms with Crippen LogP contribution in [0.25, 0.3) is 49.4 Å². The molecule has 0 fully saturated rings. The van der Waals surface area contributed by atoms with Crippen LogP contribution >= 0.6 is 11.6 Å². The SMILES string of the molecule is COc1ccc2ccc(-n3c4c(Cl)ccc(OC)c4c4oc5ccccc5c43)cc2c1. The number of aromatic nitrogens is 1. The minimum atomic E-state index is 0.636. The molecule has 0 atom stereocenters. The van der Waals surface area contributed by atoms with Gasteiger partial charge in [0.25, 0.3) is 0 Å². The first-order valence-electron chi connectivity index (χ1n) is 9.96. The van der Waals surface area contributed by atoms with E-state index >= 15 is 0 Å². The fourth-order valence-corrected chi connectivity index (χ4v) is 4.67. The van der Waals surface area contributed by atoms with Gasteiger partial charge in [-0.05, 0) is 59.3 Å². The highest BCUT2D eigenvalue weighted by Gasteiger charge is 2.24. The lowest BCUT2D eigenvalue weighted by molar-refractivity contribution is 0.415. The lowest BCUT2D eigenvalue weighted by Crippen LogP contribution is -1.95. The van der Waals surface area contributed by atoms with Gasteiger partial charge in [0.05, 0.1) is 30.1 Å². The van der Waals surface area contributed by atoms with Gasteiger partial charge >= 0.3 is 0 Å². The number of ether oxygens (including phenoxy) is 2. The first kappa shape index (κ1) is 18.2. The molecule has 6 rings (SSSR count). The van der Waals surface area contributed by atoms with E-state index in [0.29, 0.717) is 5.02 Å². The van der Waals surface area contributed by atoms with E-state index < -0.39 is 0 Å². The fraction of sp³-hybridized carbons (Fsp3) is 0.0769. The average Bonchev–Trinajstić information content (AvgIpc) is 3.34. The second-order valence-corrected chi connectivity index (χ2v) is 7.89.